The molecule has 5 rings (SSSR count). The number of rotatable bonds is 3. The van der Waals surface area contributed by atoms with Crippen molar-refractivity contribution in [3.8, 4) is 33.6 Å². The van der Waals surface area contributed by atoms with E-state index in [0.717, 1.165) is 35.6 Å². The van der Waals surface area contributed by atoms with Crippen LogP contribution in [0.2, 0.25) is 0 Å². The molecule has 2 heteroatoms. The van der Waals surface area contributed by atoms with Gasteiger partial charge in [-0.05, 0) is 22.8 Å². The molecule has 1 aliphatic rings. The molecule has 0 aliphatic heterocycles. The fourth-order valence-corrected chi connectivity index (χ4v) is 3.89. The van der Waals surface area contributed by atoms with E-state index in [4.69, 9.17) is 9.97 Å². The Bertz CT molecular complexity index is 1130. The molecular weight excluding hydrogens is 328 g/mol. The maximum Gasteiger partial charge on any atom is 0.129 e. The number of hydrogen-bond acceptors (Lipinski definition) is 2. The van der Waals surface area contributed by atoms with Crippen molar-refractivity contribution in [1.82, 2.24) is 9.97 Å². The molecule has 4 aromatic rings. The zero-order valence-corrected chi connectivity index (χ0v) is 15.3. The minimum absolute atomic E-state index is 0.834. The molecule has 130 valence electrons. The highest BCUT2D eigenvalue weighted by atomic mass is 14.9. The molecule has 0 amide bonds. The van der Waals surface area contributed by atoms with Gasteiger partial charge in [-0.1, -0.05) is 79.7 Å². The summed E-state index contributed by atoms with van der Waals surface area (Å²) >= 11 is 0. The van der Waals surface area contributed by atoms with Crippen molar-refractivity contribution in [2.45, 2.75) is 19.8 Å². The van der Waals surface area contributed by atoms with Crippen molar-refractivity contribution in [1.29, 1.82) is 0 Å². The second kappa shape index (κ2) is 6.48. The largest absolute Gasteiger partial charge is 0.233 e. The van der Waals surface area contributed by atoms with E-state index in [9.17, 15) is 0 Å². The molecule has 0 unspecified atom stereocenters. The van der Waals surface area contributed by atoms with Gasteiger partial charge in [-0.15, -0.1) is 0 Å². The van der Waals surface area contributed by atoms with E-state index in [2.05, 4.69) is 85.8 Å². The first-order valence-electron chi connectivity index (χ1n) is 9.47. The van der Waals surface area contributed by atoms with Gasteiger partial charge in [0.1, 0.15) is 5.82 Å². The van der Waals surface area contributed by atoms with Crippen LogP contribution in [0.4, 0.5) is 0 Å². The maximum atomic E-state index is 4.94. The predicted octanol–water partition coefficient (Wildman–Crippen LogP) is 5.94. The Kier molecular flexibility index (Phi) is 3.83. The van der Waals surface area contributed by atoms with Crippen molar-refractivity contribution in [2.75, 3.05) is 0 Å². The quantitative estimate of drug-likeness (QED) is 0.403. The molecule has 1 aromatic heterocycles. The third-order valence-corrected chi connectivity index (χ3v) is 5.25. The second-order valence-electron chi connectivity index (χ2n) is 6.95. The first-order valence-corrected chi connectivity index (χ1v) is 9.47. The van der Waals surface area contributed by atoms with Gasteiger partial charge in [0, 0.05) is 29.5 Å². The Morgan fingerprint density at radius 2 is 1.41 bits per heavy atom. The van der Waals surface area contributed by atoms with E-state index in [0.29, 0.717) is 0 Å². The van der Waals surface area contributed by atoms with Crippen molar-refractivity contribution >= 4 is 0 Å². The van der Waals surface area contributed by atoms with Gasteiger partial charge in [-0.2, -0.15) is 0 Å². The molecule has 0 atom stereocenters. The monoisotopic (exact) mass is 348 g/mol. The number of aryl methyl sites for hydroxylation is 1. The predicted molar refractivity (Wildman–Crippen MR) is 111 cm³/mol. The van der Waals surface area contributed by atoms with Gasteiger partial charge in [-0.3, -0.25) is 0 Å². The fourth-order valence-electron chi connectivity index (χ4n) is 3.89. The van der Waals surface area contributed by atoms with E-state index in [1.807, 2.05) is 0 Å². The molecule has 1 aliphatic carbocycles. The van der Waals surface area contributed by atoms with Gasteiger partial charge in [0.15, 0.2) is 0 Å². The number of hydrogen-bond donors (Lipinski definition) is 0. The van der Waals surface area contributed by atoms with Crippen LogP contribution in [-0.2, 0) is 12.8 Å². The first-order chi connectivity index (χ1) is 13.3. The van der Waals surface area contributed by atoms with E-state index in [1.54, 1.807) is 0 Å². The third kappa shape index (κ3) is 2.74. The van der Waals surface area contributed by atoms with Crippen LogP contribution in [0.25, 0.3) is 33.6 Å². The zero-order chi connectivity index (χ0) is 18.2. The molecule has 3 aromatic carbocycles. The Labute approximate surface area is 159 Å². The Balaban J connectivity index is 1.69. The van der Waals surface area contributed by atoms with Crippen LogP contribution >= 0.6 is 0 Å². The molecule has 0 saturated heterocycles. The molecule has 0 N–H and O–H groups in total. The highest BCUT2D eigenvalue weighted by Crippen LogP contribution is 2.40. The average Bonchev–Trinajstić information content (AvgIpc) is 3.12. The molecule has 0 spiro atoms. The molecule has 0 bridgehead atoms. The summed E-state index contributed by atoms with van der Waals surface area (Å²) in [4.78, 5) is 9.81. The summed E-state index contributed by atoms with van der Waals surface area (Å²) in [6.07, 6.45) is 1.74. The van der Waals surface area contributed by atoms with Gasteiger partial charge in [0.25, 0.3) is 0 Å². The van der Waals surface area contributed by atoms with Gasteiger partial charge in [-0.25, -0.2) is 9.97 Å². The molecule has 0 fully saturated rings. The van der Waals surface area contributed by atoms with Gasteiger partial charge in [0.2, 0.25) is 0 Å². The summed E-state index contributed by atoms with van der Waals surface area (Å²) in [6.45, 7) is 2.12. The lowest BCUT2D eigenvalue weighted by Crippen LogP contribution is -2.01. The highest BCUT2D eigenvalue weighted by Gasteiger charge is 2.24. The van der Waals surface area contributed by atoms with E-state index >= 15 is 0 Å². The van der Waals surface area contributed by atoms with Crippen LogP contribution in [0.15, 0.2) is 78.9 Å². The number of benzene rings is 3. The second-order valence-corrected chi connectivity index (χ2v) is 6.95. The summed E-state index contributed by atoms with van der Waals surface area (Å²) in [7, 11) is 0. The van der Waals surface area contributed by atoms with Crippen LogP contribution < -0.4 is 0 Å². The van der Waals surface area contributed by atoms with Crippen molar-refractivity contribution < 1.29 is 0 Å². The lowest BCUT2D eigenvalue weighted by atomic mass is 9.98. The molecular formula is C25H20N2. The number of fused-ring (bicyclic) bond motifs is 3. The highest BCUT2D eigenvalue weighted by molar-refractivity contribution is 5.82. The summed E-state index contributed by atoms with van der Waals surface area (Å²) in [5.74, 6) is 0.908. The minimum atomic E-state index is 0.834. The van der Waals surface area contributed by atoms with Crippen LogP contribution in [0.1, 0.15) is 23.9 Å². The number of aromatic nitrogens is 2. The SMILES string of the molecule is CCc1nc(-c2cccc(-c3ccccc3)c2)c2c(n1)-c1ccccc1C2. The summed E-state index contributed by atoms with van der Waals surface area (Å²) in [5.41, 5.74) is 9.64. The van der Waals surface area contributed by atoms with Gasteiger partial charge in [0.05, 0.1) is 11.4 Å². The smallest absolute Gasteiger partial charge is 0.129 e. The van der Waals surface area contributed by atoms with Crippen molar-refractivity contribution in [3.63, 3.8) is 0 Å². The van der Waals surface area contributed by atoms with Gasteiger partial charge >= 0.3 is 0 Å². The third-order valence-electron chi connectivity index (χ3n) is 5.25. The summed E-state index contributed by atoms with van der Waals surface area (Å²) in [5, 5.41) is 0. The fraction of sp³-hybridized carbons (Fsp3) is 0.120. The summed E-state index contributed by atoms with van der Waals surface area (Å²) in [6, 6.07) is 27.8. The topological polar surface area (TPSA) is 25.8 Å². The van der Waals surface area contributed by atoms with Crippen LogP contribution in [0.5, 0.6) is 0 Å². The molecule has 2 nitrogen and oxygen atoms in total. The van der Waals surface area contributed by atoms with Crippen molar-refractivity contribution in [3.05, 3.63) is 95.8 Å². The van der Waals surface area contributed by atoms with E-state index in [1.165, 1.54) is 27.8 Å². The molecule has 27 heavy (non-hydrogen) atoms. The van der Waals surface area contributed by atoms with Crippen molar-refractivity contribution in [2.24, 2.45) is 0 Å². The first kappa shape index (κ1) is 16.0. The molecule has 0 saturated carbocycles. The van der Waals surface area contributed by atoms with E-state index < -0.39 is 0 Å². The molecule has 0 radical (unpaired) electrons. The zero-order valence-electron chi connectivity index (χ0n) is 15.3. The molecule has 1 heterocycles. The Morgan fingerprint density at radius 3 is 2.26 bits per heavy atom. The van der Waals surface area contributed by atoms with Gasteiger partial charge < -0.3 is 0 Å². The average molecular weight is 348 g/mol. The minimum Gasteiger partial charge on any atom is -0.233 e. The summed E-state index contributed by atoms with van der Waals surface area (Å²) < 4.78 is 0. The lowest BCUT2D eigenvalue weighted by molar-refractivity contribution is 0.938. The Morgan fingerprint density at radius 1 is 0.704 bits per heavy atom. The van der Waals surface area contributed by atoms with Crippen LogP contribution in [-0.4, -0.2) is 9.97 Å². The number of nitrogens with zero attached hydrogens (tertiary/aromatic N) is 2. The Hall–Kier alpha value is -3.26. The van der Waals surface area contributed by atoms with Crippen LogP contribution in [0.3, 0.4) is 0 Å². The standard InChI is InChI=1S/C25H20N2/c1-2-23-26-24(22-16-19-11-6-7-14-21(19)25(22)27-23)20-13-8-12-18(15-20)17-9-4-3-5-10-17/h3-15H,2,16H2,1H3. The van der Waals surface area contributed by atoms with Crippen LogP contribution in [0, 0.1) is 0 Å². The van der Waals surface area contributed by atoms with E-state index in [-0.39, 0.29) is 0 Å². The normalized spacial score (nSPS) is 11.9. The lowest BCUT2D eigenvalue weighted by Gasteiger charge is -2.11. The maximum absolute atomic E-state index is 4.94.